The van der Waals surface area contributed by atoms with E-state index in [0.717, 1.165) is 28.6 Å². The van der Waals surface area contributed by atoms with Crippen LogP contribution in [0.1, 0.15) is 25.3 Å². The predicted molar refractivity (Wildman–Crippen MR) is 79.8 cm³/mol. The molecule has 2 aromatic carbocycles. The molecule has 0 amide bonds. The molecule has 0 aromatic heterocycles. The highest BCUT2D eigenvalue weighted by Gasteiger charge is 2.22. The Morgan fingerprint density at radius 2 is 1.95 bits per heavy atom. The van der Waals surface area contributed by atoms with Crippen molar-refractivity contribution in [2.75, 3.05) is 0 Å². The van der Waals surface area contributed by atoms with Gasteiger partial charge in [-0.2, -0.15) is 0 Å². The lowest BCUT2D eigenvalue weighted by molar-refractivity contribution is 0.513. The van der Waals surface area contributed by atoms with E-state index in [9.17, 15) is 4.57 Å². The van der Waals surface area contributed by atoms with Gasteiger partial charge in [0.05, 0.1) is 5.30 Å². The van der Waals surface area contributed by atoms with Crippen LogP contribution >= 0.6 is 8.03 Å². The molecule has 0 bridgehead atoms. The van der Waals surface area contributed by atoms with Crippen molar-refractivity contribution in [3.8, 4) is 16.9 Å². The van der Waals surface area contributed by atoms with Crippen LogP contribution in [0, 0.1) is 0 Å². The summed E-state index contributed by atoms with van der Waals surface area (Å²) in [5.41, 5.74) is 3.46. The molecule has 2 nitrogen and oxygen atoms in total. The molecule has 1 atom stereocenters. The number of unbranched alkanes of at least 4 members (excludes halogenated alkanes) is 1. The van der Waals surface area contributed by atoms with E-state index in [2.05, 4.69) is 19.1 Å². The van der Waals surface area contributed by atoms with E-state index in [-0.39, 0.29) is 0 Å². The first kappa shape index (κ1) is 12.5. The molecular weight excluding hydrogens is 255 g/mol. The van der Waals surface area contributed by atoms with Crippen LogP contribution in [0.25, 0.3) is 11.1 Å². The minimum absolute atomic E-state index is 0.753. The number of hydrogen-bond acceptors (Lipinski definition) is 2. The highest BCUT2D eigenvalue weighted by molar-refractivity contribution is 7.49. The lowest BCUT2D eigenvalue weighted by Gasteiger charge is -2.20. The second kappa shape index (κ2) is 5.22. The smallest absolute Gasteiger partial charge is 0.266 e. The quantitative estimate of drug-likeness (QED) is 0.783. The average molecular weight is 272 g/mol. The van der Waals surface area contributed by atoms with Crippen molar-refractivity contribution in [3.63, 3.8) is 0 Å². The molecule has 0 saturated carbocycles. The van der Waals surface area contributed by atoms with Gasteiger partial charge < -0.3 is 4.52 Å². The third-order valence-electron chi connectivity index (χ3n) is 3.50. The summed E-state index contributed by atoms with van der Waals surface area (Å²) in [6.07, 6.45) is 3.47. The van der Waals surface area contributed by atoms with Crippen LogP contribution < -0.4 is 9.83 Å². The Kier molecular flexibility index (Phi) is 3.44. The zero-order chi connectivity index (χ0) is 13.2. The molecule has 3 heteroatoms. The predicted octanol–water partition coefficient (Wildman–Crippen LogP) is 4.19. The summed E-state index contributed by atoms with van der Waals surface area (Å²) in [5, 5.41) is 0.840. The van der Waals surface area contributed by atoms with Crippen LogP contribution in [0.2, 0.25) is 0 Å². The van der Waals surface area contributed by atoms with Crippen LogP contribution in [0.4, 0.5) is 0 Å². The summed E-state index contributed by atoms with van der Waals surface area (Å²) in [6, 6.07) is 14.0. The Balaban J connectivity index is 2.08. The number of fused-ring (bicyclic) bond motifs is 3. The summed E-state index contributed by atoms with van der Waals surface area (Å²) in [5.74, 6) is 0.753. The van der Waals surface area contributed by atoms with E-state index in [4.69, 9.17) is 4.52 Å². The van der Waals surface area contributed by atoms with Crippen molar-refractivity contribution >= 4 is 13.3 Å². The molecule has 1 aliphatic rings. The van der Waals surface area contributed by atoms with Gasteiger partial charge in [0, 0.05) is 5.56 Å². The van der Waals surface area contributed by atoms with Gasteiger partial charge in [0.25, 0.3) is 8.03 Å². The van der Waals surface area contributed by atoms with Gasteiger partial charge in [0.2, 0.25) is 0 Å². The number of aryl methyl sites for hydroxylation is 1. The van der Waals surface area contributed by atoms with E-state index in [1.165, 1.54) is 18.4 Å². The van der Waals surface area contributed by atoms with Gasteiger partial charge in [-0.3, -0.25) is 4.57 Å². The largest absolute Gasteiger partial charge is 0.441 e. The van der Waals surface area contributed by atoms with E-state index >= 15 is 0 Å². The van der Waals surface area contributed by atoms with Crippen LogP contribution in [0.5, 0.6) is 5.75 Å². The van der Waals surface area contributed by atoms with Gasteiger partial charge in [-0.05, 0) is 42.2 Å². The van der Waals surface area contributed by atoms with E-state index in [1.807, 2.05) is 30.3 Å². The van der Waals surface area contributed by atoms with Crippen LogP contribution in [-0.2, 0) is 11.0 Å². The molecule has 1 unspecified atom stereocenters. The first-order valence-corrected chi connectivity index (χ1v) is 8.05. The molecule has 0 radical (unpaired) electrons. The van der Waals surface area contributed by atoms with E-state index < -0.39 is 8.03 Å². The Hall–Kier alpha value is -1.53. The van der Waals surface area contributed by atoms with E-state index in [1.54, 1.807) is 0 Å². The molecule has 19 heavy (non-hydrogen) atoms. The maximum absolute atomic E-state index is 12.1. The van der Waals surface area contributed by atoms with Gasteiger partial charge in [-0.25, -0.2) is 0 Å². The summed E-state index contributed by atoms with van der Waals surface area (Å²) >= 11 is 0. The lowest BCUT2D eigenvalue weighted by atomic mass is 9.99. The van der Waals surface area contributed by atoms with Gasteiger partial charge in [0.15, 0.2) is 0 Å². The van der Waals surface area contributed by atoms with Gasteiger partial charge in [-0.1, -0.05) is 37.6 Å². The second-order valence-electron chi connectivity index (χ2n) is 4.87. The molecule has 0 aliphatic carbocycles. The second-order valence-corrected chi connectivity index (χ2v) is 6.19. The maximum atomic E-state index is 12.1. The molecule has 0 N–H and O–H groups in total. The van der Waals surface area contributed by atoms with Gasteiger partial charge in [-0.15, -0.1) is 0 Å². The standard InChI is InChI=1S/C16H17O2P/c1-2-3-6-12-9-10-15-14(11-12)13-7-4-5-8-16(13)19(17)18-15/h4-5,7-11,19H,2-3,6H2,1H3. The summed E-state index contributed by atoms with van der Waals surface area (Å²) in [6.45, 7) is 2.20. The fraction of sp³-hybridized carbons (Fsp3) is 0.250. The van der Waals surface area contributed by atoms with Crippen molar-refractivity contribution in [2.45, 2.75) is 26.2 Å². The Bertz CT molecular complexity index is 634. The third-order valence-corrected chi connectivity index (χ3v) is 4.78. The minimum atomic E-state index is -2.14. The van der Waals surface area contributed by atoms with Crippen LogP contribution in [-0.4, -0.2) is 0 Å². The highest BCUT2D eigenvalue weighted by atomic mass is 31.1. The van der Waals surface area contributed by atoms with Crippen molar-refractivity contribution in [1.29, 1.82) is 0 Å². The maximum Gasteiger partial charge on any atom is 0.266 e. The monoisotopic (exact) mass is 272 g/mol. The van der Waals surface area contributed by atoms with Crippen LogP contribution in [0.15, 0.2) is 42.5 Å². The minimum Gasteiger partial charge on any atom is -0.441 e. The first-order chi connectivity index (χ1) is 9.29. The van der Waals surface area contributed by atoms with Crippen molar-refractivity contribution in [2.24, 2.45) is 0 Å². The first-order valence-electron chi connectivity index (χ1n) is 6.74. The fourth-order valence-corrected chi connectivity index (χ4v) is 3.62. The van der Waals surface area contributed by atoms with Gasteiger partial charge >= 0.3 is 0 Å². The zero-order valence-electron chi connectivity index (χ0n) is 11.0. The fourth-order valence-electron chi connectivity index (χ4n) is 2.46. The Morgan fingerprint density at radius 1 is 1.11 bits per heavy atom. The molecule has 0 spiro atoms. The Morgan fingerprint density at radius 3 is 2.79 bits per heavy atom. The molecule has 98 valence electrons. The SMILES string of the molecule is CCCCc1ccc2c(c1)-c1ccccc1[PH](=O)O2. The van der Waals surface area contributed by atoms with Crippen molar-refractivity contribution in [3.05, 3.63) is 48.0 Å². The molecule has 3 rings (SSSR count). The Labute approximate surface area is 114 Å². The van der Waals surface area contributed by atoms with Gasteiger partial charge in [0.1, 0.15) is 5.75 Å². The summed E-state index contributed by atoms with van der Waals surface area (Å²) < 4.78 is 17.6. The van der Waals surface area contributed by atoms with Crippen molar-refractivity contribution < 1.29 is 9.09 Å². The average Bonchev–Trinajstić information content (AvgIpc) is 2.46. The molecule has 1 heterocycles. The highest BCUT2D eigenvalue weighted by Crippen LogP contribution is 2.42. The summed E-state index contributed by atoms with van der Waals surface area (Å²) in [7, 11) is -2.14. The topological polar surface area (TPSA) is 26.3 Å². The summed E-state index contributed by atoms with van der Waals surface area (Å²) in [4.78, 5) is 0. The van der Waals surface area contributed by atoms with Crippen LogP contribution in [0.3, 0.4) is 0 Å². The molecule has 0 fully saturated rings. The third kappa shape index (κ3) is 2.33. The number of hydrogen-bond donors (Lipinski definition) is 0. The number of rotatable bonds is 3. The number of benzene rings is 2. The van der Waals surface area contributed by atoms with E-state index in [0.29, 0.717) is 0 Å². The zero-order valence-corrected chi connectivity index (χ0v) is 12.0. The lowest BCUT2D eigenvalue weighted by Crippen LogP contribution is -2.10. The molecule has 2 aromatic rings. The normalized spacial score (nSPS) is 16.4. The van der Waals surface area contributed by atoms with Crippen molar-refractivity contribution in [1.82, 2.24) is 0 Å². The molecule has 0 saturated heterocycles. The molecular formula is C16H17O2P. The molecule has 1 aliphatic heterocycles.